The van der Waals surface area contributed by atoms with Crippen LogP contribution in [0.5, 0.6) is 0 Å². The summed E-state index contributed by atoms with van der Waals surface area (Å²) in [4.78, 5) is 9.19. The zero-order valence-corrected chi connectivity index (χ0v) is 10.8. The maximum atomic E-state index is 6.23. The maximum absolute atomic E-state index is 6.23. The van der Waals surface area contributed by atoms with Gasteiger partial charge < -0.3 is 4.74 Å². The minimum absolute atomic E-state index is 0.510. The Labute approximate surface area is 107 Å². The third kappa shape index (κ3) is 2.18. The molecule has 1 aliphatic carbocycles. The van der Waals surface area contributed by atoms with E-state index < -0.39 is 0 Å². The molecule has 17 heavy (non-hydrogen) atoms. The van der Waals surface area contributed by atoms with Crippen LogP contribution in [0.15, 0.2) is 0 Å². The molecule has 92 valence electrons. The van der Waals surface area contributed by atoms with Crippen molar-refractivity contribution in [1.29, 1.82) is 0 Å². The molecule has 1 fully saturated rings. The minimum Gasteiger partial charge on any atom is -0.376 e. The highest BCUT2D eigenvalue weighted by Crippen LogP contribution is 2.37. The van der Waals surface area contributed by atoms with Crippen LogP contribution in [-0.4, -0.2) is 16.6 Å². The zero-order valence-electron chi connectivity index (χ0n) is 10.1. The first-order chi connectivity index (χ1) is 8.24. The second-order valence-electron chi connectivity index (χ2n) is 5.22. The summed E-state index contributed by atoms with van der Waals surface area (Å²) < 4.78 is 5.39. The molecule has 1 aromatic rings. The molecule has 0 spiro atoms. The van der Waals surface area contributed by atoms with E-state index in [-0.39, 0.29) is 0 Å². The lowest BCUT2D eigenvalue weighted by Crippen LogP contribution is -2.16. The van der Waals surface area contributed by atoms with Crippen LogP contribution >= 0.6 is 11.6 Å². The van der Waals surface area contributed by atoms with E-state index >= 15 is 0 Å². The van der Waals surface area contributed by atoms with Crippen LogP contribution in [0, 0.1) is 5.92 Å². The molecule has 0 radical (unpaired) electrons. The Kier molecular flexibility index (Phi) is 3.05. The van der Waals surface area contributed by atoms with Gasteiger partial charge in [0, 0.05) is 17.9 Å². The van der Waals surface area contributed by atoms with Crippen molar-refractivity contribution in [3.63, 3.8) is 0 Å². The molecule has 1 saturated carbocycles. The smallest absolute Gasteiger partial charge is 0.138 e. The zero-order chi connectivity index (χ0) is 11.8. The van der Waals surface area contributed by atoms with Gasteiger partial charge in [0.15, 0.2) is 0 Å². The van der Waals surface area contributed by atoms with Crippen LogP contribution in [-0.2, 0) is 17.8 Å². The van der Waals surface area contributed by atoms with Gasteiger partial charge in [-0.25, -0.2) is 9.97 Å². The van der Waals surface area contributed by atoms with Gasteiger partial charge in [-0.2, -0.15) is 0 Å². The van der Waals surface area contributed by atoms with Crippen LogP contribution in [0.25, 0.3) is 0 Å². The first-order valence-electron chi connectivity index (χ1n) is 6.37. The summed E-state index contributed by atoms with van der Waals surface area (Å²) in [5.41, 5.74) is 2.10. The van der Waals surface area contributed by atoms with Gasteiger partial charge in [-0.15, -0.1) is 0 Å². The van der Waals surface area contributed by atoms with Crippen molar-refractivity contribution in [2.75, 3.05) is 6.61 Å². The summed E-state index contributed by atoms with van der Waals surface area (Å²) in [6.07, 6.45) is 4.55. The van der Waals surface area contributed by atoms with Crippen LogP contribution in [0.2, 0.25) is 5.15 Å². The Hall–Kier alpha value is -0.670. The lowest BCUT2D eigenvalue weighted by atomic mass is 10.0. The number of hydrogen-bond acceptors (Lipinski definition) is 3. The molecule has 0 aromatic carbocycles. The van der Waals surface area contributed by atoms with Crippen LogP contribution < -0.4 is 0 Å². The molecule has 3 nitrogen and oxygen atoms in total. The number of halogens is 1. The summed E-state index contributed by atoms with van der Waals surface area (Å²) in [6.45, 7) is 3.62. The van der Waals surface area contributed by atoms with Crippen LogP contribution in [0.4, 0.5) is 0 Å². The Morgan fingerprint density at radius 1 is 1.29 bits per heavy atom. The molecule has 0 amide bonds. The van der Waals surface area contributed by atoms with Crippen molar-refractivity contribution in [2.45, 2.75) is 45.1 Å². The fourth-order valence-electron chi connectivity index (χ4n) is 2.83. The van der Waals surface area contributed by atoms with Crippen molar-refractivity contribution in [3.8, 4) is 0 Å². The number of hydrogen-bond donors (Lipinski definition) is 0. The van der Waals surface area contributed by atoms with E-state index in [1.54, 1.807) is 0 Å². The Balaban J connectivity index is 1.93. The minimum atomic E-state index is 0.510. The fourth-order valence-corrected chi connectivity index (χ4v) is 3.08. The monoisotopic (exact) mass is 252 g/mol. The molecular formula is C13H17ClN2O. The summed E-state index contributed by atoms with van der Waals surface area (Å²) in [6, 6.07) is 0. The van der Waals surface area contributed by atoms with Crippen molar-refractivity contribution < 1.29 is 4.74 Å². The molecule has 0 saturated heterocycles. The second kappa shape index (κ2) is 4.54. The highest BCUT2D eigenvalue weighted by atomic mass is 35.5. The average Bonchev–Trinajstić information content (AvgIpc) is 2.76. The number of rotatable bonds is 1. The van der Waals surface area contributed by atoms with E-state index in [0.717, 1.165) is 36.0 Å². The summed E-state index contributed by atoms with van der Waals surface area (Å²) in [5.74, 6) is 2.26. The molecule has 4 heteroatoms. The predicted octanol–water partition coefficient (Wildman–Crippen LogP) is 3.11. The maximum Gasteiger partial charge on any atom is 0.138 e. The molecule has 2 aliphatic rings. The van der Waals surface area contributed by atoms with Gasteiger partial charge in [0.25, 0.3) is 0 Å². The molecule has 2 atom stereocenters. The lowest BCUT2D eigenvalue weighted by molar-refractivity contribution is 0.108. The molecule has 1 aromatic heterocycles. The predicted molar refractivity (Wildman–Crippen MR) is 66.2 cm³/mol. The normalized spacial score (nSPS) is 28.1. The highest BCUT2D eigenvalue weighted by Gasteiger charge is 2.27. The van der Waals surface area contributed by atoms with Gasteiger partial charge >= 0.3 is 0 Å². The van der Waals surface area contributed by atoms with Gasteiger partial charge in [-0.05, 0) is 25.2 Å². The molecular weight excluding hydrogens is 236 g/mol. The van der Waals surface area contributed by atoms with Gasteiger partial charge in [0.1, 0.15) is 11.0 Å². The molecule has 3 rings (SSSR count). The van der Waals surface area contributed by atoms with Crippen LogP contribution in [0.3, 0.4) is 0 Å². The van der Waals surface area contributed by atoms with Crippen molar-refractivity contribution >= 4 is 11.6 Å². The quantitative estimate of drug-likeness (QED) is 0.721. The Morgan fingerprint density at radius 2 is 2.18 bits per heavy atom. The topological polar surface area (TPSA) is 35.0 Å². The van der Waals surface area contributed by atoms with E-state index in [4.69, 9.17) is 21.3 Å². The highest BCUT2D eigenvalue weighted by molar-refractivity contribution is 6.30. The van der Waals surface area contributed by atoms with Gasteiger partial charge in [0.05, 0.1) is 18.9 Å². The number of ether oxygens (including phenoxy) is 1. The first-order valence-corrected chi connectivity index (χ1v) is 6.74. The van der Waals surface area contributed by atoms with E-state index in [1.807, 2.05) is 0 Å². The van der Waals surface area contributed by atoms with Gasteiger partial charge in [0.2, 0.25) is 0 Å². The first kappa shape index (κ1) is 11.4. The third-order valence-electron chi connectivity index (χ3n) is 3.85. The van der Waals surface area contributed by atoms with Gasteiger partial charge in [-0.3, -0.25) is 0 Å². The van der Waals surface area contributed by atoms with Gasteiger partial charge in [-0.1, -0.05) is 18.5 Å². The van der Waals surface area contributed by atoms with Crippen LogP contribution in [0.1, 0.15) is 49.2 Å². The largest absolute Gasteiger partial charge is 0.376 e. The van der Waals surface area contributed by atoms with E-state index in [0.29, 0.717) is 17.7 Å². The molecule has 0 N–H and O–H groups in total. The van der Waals surface area contributed by atoms with E-state index in [1.165, 1.54) is 19.3 Å². The summed E-state index contributed by atoms with van der Waals surface area (Å²) in [5, 5.41) is 0.601. The third-order valence-corrected chi connectivity index (χ3v) is 4.16. The second-order valence-corrected chi connectivity index (χ2v) is 5.57. The summed E-state index contributed by atoms with van der Waals surface area (Å²) >= 11 is 6.23. The molecule has 0 bridgehead atoms. The molecule has 2 heterocycles. The molecule has 1 aliphatic heterocycles. The fraction of sp³-hybridized carbons (Fsp3) is 0.692. The average molecular weight is 253 g/mol. The SMILES string of the molecule is CC1CCC(c2nc(Cl)c3c(n2)CCOC3)C1. The Morgan fingerprint density at radius 3 is 2.94 bits per heavy atom. The summed E-state index contributed by atoms with van der Waals surface area (Å²) in [7, 11) is 0. The Bertz CT molecular complexity index is 436. The van der Waals surface area contributed by atoms with E-state index in [2.05, 4.69) is 11.9 Å². The lowest BCUT2D eigenvalue weighted by Gasteiger charge is -2.18. The standard InChI is InChI=1S/C13H17ClN2O/c1-8-2-3-9(6-8)13-15-11-4-5-17-7-10(11)12(14)16-13/h8-9H,2-7H2,1H3. The molecule has 2 unspecified atom stereocenters. The van der Waals surface area contributed by atoms with E-state index in [9.17, 15) is 0 Å². The van der Waals surface area contributed by atoms with Crippen molar-refractivity contribution in [3.05, 3.63) is 22.2 Å². The number of aromatic nitrogens is 2. The van der Waals surface area contributed by atoms with Crippen molar-refractivity contribution in [1.82, 2.24) is 9.97 Å². The number of nitrogens with zero attached hydrogens (tertiary/aromatic N) is 2. The number of fused-ring (bicyclic) bond motifs is 1. The van der Waals surface area contributed by atoms with Crippen molar-refractivity contribution in [2.24, 2.45) is 5.92 Å².